The van der Waals surface area contributed by atoms with Gasteiger partial charge in [0.2, 0.25) is 0 Å². The van der Waals surface area contributed by atoms with Gasteiger partial charge in [-0.15, -0.1) is 6.42 Å². The van der Waals surface area contributed by atoms with Crippen molar-refractivity contribution in [1.82, 2.24) is 0 Å². The number of carbonyl (C=O) groups excluding carboxylic acids is 1. The molecule has 0 heterocycles. The Morgan fingerprint density at radius 2 is 2.54 bits per heavy atom. The Labute approximate surface area is 77.4 Å². The highest BCUT2D eigenvalue weighted by atomic mass is 16.5. The average molecular weight is 180 g/mol. The van der Waals surface area contributed by atoms with Crippen molar-refractivity contribution in [2.45, 2.75) is 32.0 Å². The van der Waals surface area contributed by atoms with Gasteiger partial charge in [0.05, 0.1) is 6.10 Å². The molecule has 0 spiro atoms. The van der Waals surface area contributed by atoms with Crippen LogP contribution in [0.25, 0.3) is 0 Å². The molecule has 0 aromatic carbocycles. The number of aliphatic hydroxyl groups is 1. The predicted octanol–water partition coefficient (Wildman–Crippen LogP) is 0.632. The van der Waals surface area contributed by atoms with E-state index in [0.29, 0.717) is 18.4 Å². The molecule has 0 saturated carbocycles. The van der Waals surface area contributed by atoms with E-state index in [4.69, 9.17) is 11.2 Å². The first-order valence-electron chi connectivity index (χ1n) is 4.14. The van der Waals surface area contributed by atoms with Crippen LogP contribution in [0, 0.1) is 12.3 Å². The van der Waals surface area contributed by atoms with Crippen LogP contribution >= 0.6 is 0 Å². The molecule has 0 aliphatic heterocycles. The Balaban J connectivity index is 2.66. The maximum Gasteiger partial charge on any atom is 0.303 e. The van der Waals surface area contributed by atoms with Crippen molar-refractivity contribution in [1.29, 1.82) is 0 Å². The fraction of sp³-hybridized carbons (Fsp3) is 0.500. The quantitative estimate of drug-likeness (QED) is 0.475. The van der Waals surface area contributed by atoms with Gasteiger partial charge in [0, 0.05) is 25.3 Å². The molecule has 1 aliphatic rings. The summed E-state index contributed by atoms with van der Waals surface area (Å²) in [5, 5.41) is 9.37. The third-order valence-corrected chi connectivity index (χ3v) is 1.85. The van der Waals surface area contributed by atoms with Gasteiger partial charge in [0.15, 0.2) is 0 Å². The lowest BCUT2D eigenvalue weighted by atomic mass is 9.95. The van der Waals surface area contributed by atoms with E-state index in [1.54, 1.807) is 6.08 Å². The highest BCUT2D eigenvalue weighted by molar-refractivity contribution is 5.66. The normalized spacial score (nSPS) is 27.3. The Hall–Kier alpha value is -1.27. The molecule has 1 rings (SSSR count). The van der Waals surface area contributed by atoms with Crippen molar-refractivity contribution in [3.05, 3.63) is 11.6 Å². The Morgan fingerprint density at radius 1 is 1.85 bits per heavy atom. The summed E-state index contributed by atoms with van der Waals surface area (Å²) in [6.07, 6.45) is 6.95. The van der Waals surface area contributed by atoms with Crippen molar-refractivity contribution >= 4 is 5.97 Å². The third kappa shape index (κ3) is 2.92. The average Bonchev–Trinajstić information content (AvgIpc) is 2.01. The zero-order valence-electron chi connectivity index (χ0n) is 7.49. The zero-order chi connectivity index (χ0) is 9.84. The van der Waals surface area contributed by atoms with Crippen molar-refractivity contribution in [2.75, 3.05) is 0 Å². The van der Waals surface area contributed by atoms with Crippen LogP contribution in [0.5, 0.6) is 0 Å². The first-order chi connectivity index (χ1) is 6.11. The minimum absolute atomic E-state index is 0.355. The zero-order valence-corrected chi connectivity index (χ0v) is 7.49. The first-order valence-corrected chi connectivity index (χ1v) is 4.14. The number of esters is 1. The SMILES string of the molecule is C#CC1=C[C@@H](OC(C)=O)C[C@@H](O)C1. The van der Waals surface area contributed by atoms with Gasteiger partial charge in [0.25, 0.3) is 0 Å². The summed E-state index contributed by atoms with van der Waals surface area (Å²) in [5.74, 6) is 2.09. The lowest BCUT2D eigenvalue weighted by molar-refractivity contribution is -0.145. The van der Waals surface area contributed by atoms with Crippen LogP contribution in [0.15, 0.2) is 11.6 Å². The highest BCUT2D eigenvalue weighted by Crippen LogP contribution is 2.20. The van der Waals surface area contributed by atoms with Crippen LogP contribution in [0.2, 0.25) is 0 Å². The summed E-state index contributed by atoms with van der Waals surface area (Å²) < 4.78 is 4.92. The summed E-state index contributed by atoms with van der Waals surface area (Å²) >= 11 is 0. The predicted molar refractivity (Wildman–Crippen MR) is 47.7 cm³/mol. The number of hydrogen-bond acceptors (Lipinski definition) is 3. The van der Waals surface area contributed by atoms with E-state index in [0.717, 1.165) is 0 Å². The fourth-order valence-electron chi connectivity index (χ4n) is 1.37. The second-order valence-corrected chi connectivity index (χ2v) is 3.08. The monoisotopic (exact) mass is 180 g/mol. The minimum atomic E-state index is -0.500. The molecule has 0 saturated heterocycles. The number of rotatable bonds is 1. The number of carbonyl (C=O) groups is 1. The van der Waals surface area contributed by atoms with Crippen LogP contribution < -0.4 is 0 Å². The van der Waals surface area contributed by atoms with E-state index in [2.05, 4.69) is 5.92 Å². The van der Waals surface area contributed by atoms with Gasteiger partial charge in [-0.05, 0) is 6.08 Å². The molecule has 0 unspecified atom stereocenters. The largest absolute Gasteiger partial charge is 0.458 e. The fourth-order valence-corrected chi connectivity index (χ4v) is 1.37. The first kappa shape index (κ1) is 9.82. The van der Waals surface area contributed by atoms with E-state index in [1.165, 1.54) is 6.92 Å². The molecule has 1 N–H and O–H groups in total. The van der Waals surface area contributed by atoms with Crippen LogP contribution in [-0.4, -0.2) is 23.3 Å². The molecule has 1 aliphatic carbocycles. The molecule has 0 radical (unpaired) electrons. The van der Waals surface area contributed by atoms with E-state index < -0.39 is 6.10 Å². The molecule has 13 heavy (non-hydrogen) atoms. The Kier molecular flexibility index (Phi) is 3.10. The van der Waals surface area contributed by atoms with Crippen molar-refractivity contribution in [2.24, 2.45) is 0 Å². The summed E-state index contributed by atoms with van der Waals surface area (Å²) in [5.41, 5.74) is 0.699. The number of aliphatic hydroxyl groups excluding tert-OH is 1. The van der Waals surface area contributed by atoms with Crippen LogP contribution in [-0.2, 0) is 9.53 Å². The standard InChI is InChI=1S/C10H12O3/c1-3-8-4-9(12)6-10(5-8)13-7(2)11/h1,5,9-10,12H,4,6H2,2H3/t9-,10+/m0/s1. The summed E-state index contributed by atoms with van der Waals surface area (Å²) in [4.78, 5) is 10.6. The van der Waals surface area contributed by atoms with Crippen molar-refractivity contribution in [3.8, 4) is 12.3 Å². The van der Waals surface area contributed by atoms with E-state index in [-0.39, 0.29) is 12.1 Å². The van der Waals surface area contributed by atoms with Gasteiger partial charge < -0.3 is 9.84 Å². The molecular weight excluding hydrogens is 168 g/mol. The molecule has 0 aromatic heterocycles. The Bertz CT molecular complexity index is 272. The number of ether oxygens (including phenoxy) is 1. The van der Waals surface area contributed by atoms with E-state index in [1.807, 2.05) is 0 Å². The maximum atomic E-state index is 10.6. The van der Waals surface area contributed by atoms with E-state index >= 15 is 0 Å². The van der Waals surface area contributed by atoms with Gasteiger partial charge in [-0.2, -0.15) is 0 Å². The molecule has 0 bridgehead atoms. The van der Waals surface area contributed by atoms with Gasteiger partial charge in [-0.25, -0.2) is 0 Å². The molecule has 3 nitrogen and oxygen atoms in total. The molecule has 70 valence electrons. The highest BCUT2D eigenvalue weighted by Gasteiger charge is 2.21. The molecular formula is C10H12O3. The van der Waals surface area contributed by atoms with Gasteiger partial charge in [-0.3, -0.25) is 4.79 Å². The summed E-state index contributed by atoms with van der Waals surface area (Å²) in [7, 11) is 0. The van der Waals surface area contributed by atoms with Crippen molar-refractivity contribution < 1.29 is 14.6 Å². The molecule has 0 amide bonds. The van der Waals surface area contributed by atoms with Crippen LogP contribution in [0.3, 0.4) is 0 Å². The molecule has 0 fully saturated rings. The summed E-state index contributed by atoms with van der Waals surface area (Å²) in [6.45, 7) is 1.34. The molecule has 3 heteroatoms. The summed E-state index contributed by atoms with van der Waals surface area (Å²) in [6, 6.07) is 0. The topological polar surface area (TPSA) is 46.5 Å². The second-order valence-electron chi connectivity index (χ2n) is 3.08. The number of hydrogen-bond donors (Lipinski definition) is 1. The Morgan fingerprint density at radius 3 is 3.08 bits per heavy atom. The minimum Gasteiger partial charge on any atom is -0.458 e. The van der Waals surface area contributed by atoms with E-state index in [9.17, 15) is 9.90 Å². The lowest BCUT2D eigenvalue weighted by Gasteiger charge is -2.22. The lowest BCUT2D eigenvalue weighted by Crippen LogP contribution is -2.25. The van der Waals surface area contributed by atoms with Gasteiger partial charge >= 0.3 is 5.97 Å². The van der Waals surface area contributed by atoms with Crippen LogP contribution in [0.1, 0.15) is 19.8 Å². The van der Waals surface area contributed by atoms with Gasteiger partial charge in [0.1, 0.15) is 6.10 Å². The molecule has 2 atom stereocenters. The number of terminal acetylenes is 1. The van der Waals surface area contributed by atoms with Crippen molar-refractivity contribution in [3.63, 3.8) is 0 Å². The van der Waals surface area contributed by atoms with Gasteiger partial charge in [-0.1, -0.05) is 5.92 Å². The second kappa shape index (κ2) is 4.11. The molecule has 0 aromatic rings. The maximum absolute atomic E-state index is 10.6. The smallest absolute Gasteiger partial charge is 0.303 e. The van der Waals surface area contributed by atoms with Crippen LogP contribution in [0.4, 0.5) is 0 Å². The third-order valence-electron chi connectivity index (χ3n) is 1.85.